The number of aromatic nitrogens is 4. The predicted molar refractivity (Wildman–Crippen MR) is 114 cm³/mol. The topological polar surface area (TPSA) is 73.1 Å². The van der Waals surface area contributed by atoms with Gasteiger partial charge >= 0.3 is 6.18 Å². The Morgan fingerprint density at radius 2 is 1.94 bits per heavy atom. The number of hydrogen-bond donors (Lipinski definition) is 0. The molecule has 0 saturated carbocycles. The molecule has 1 amide bonds. The molecule has 1 saturated heterocycles. The Balaban J connectivity index is 1.56. The van der Waals surface area contributed by atoms with Crippen LogP contribution < -0.4 is 4.74 Å². The molecule has 0 spiro atoms. The second-order valence-electron chi connectivity index (χ2n) is 8.17. The number of halogens is 3. The van der Waals surface area contributed by atoms with Crippen molar-refractivity contribution in [1.29, 1.82) is 0 Å². The third-order valence-corrected chi connectivity index (χ3v) is 5.93. The molecular weight excluding hydrogens is 435 g/mol. The first-order valence-corrected chi connectivity index (χ1v) is 10.7. The molecule has 174 valence electrons. The highest BCUT2D eigenvalue weighted by atomic mass is 19.4. The highest BCUT2D eigenvalue weighted by Crippen LogP contribution is 2.30. The van der Waals surface area contributed by atoms with Gasteiger partial charge in [0.2, 0.25) is 5.88 Å². The molecule has 7 nitrogen and oxygen atoms in total. The van der Waals surface area contributed by atoms with E-state index in [0.717, 1.165) is 30.7 Å². The fourth-order valence-electron chi connectivity index (χ4n) is 4.14. The van der Waals surface area contributed by atoms with E-state index in [1.165, 1.54) is 10.9 Å². The monoisotopic (exact) mass is 459 g/mol. The quantitative estimate of drug-likeness (QED) is 0.569. The minimum Gasteiger partial charge on any atom is -0.475 e. The molecule has 0 aliphatic carbocycles. The van der Waals surface area contributed by atoms with Crippen molar-refractivity contribution in [3.63, 3.8) is 0 Å². The molecular formula is C23H24F3N5O2. The number of alkyl halides is 3. The predicted octanol–water partition coefficient (Wildman–Crippen LogP) is 4.31. The molecule has 2 atom stereocenters. The highest BCUT2D eigenvalue weighted by molar-refractivity contribution is 5.98. The van der Waals surface area contributed by atoms with E-state index in [1.807, 2.05) is 26.0 Å². The minimum atomic E-state index is -4.46. The zero-order valence-corrected chi connectivity index (χ0v) is 18.3. The van der Waals surface area contributed by atoms with E-state index in [1.54, 1.807) is 23.4 Å². The van der Waals surface area contributed by atoms with Gasteiger partial charge in [-0.25, -0.2) is 4.98 Å². The Bertz CT molecular complexity index is 1100. The molecule has 0 bridgehead atoms. The van der Waals surface area contributed by atoms with Crippen LogP contribution in [0.4, 0.5) is 13.2 Å². The number of nitrogens with zero attached hydrogens (tertiary/aromatic N) is 5. The zero-order chi connectivity index (χ0) is 23.6. The van der Waals surface area contributed by atoms with Gasteiger partial charge in [-0.3, -0.25) is 4.79 Å². The van der Waals surface area contributed by atoms with Crippen LogP contribution in [-0.4, -0.2) is 50.0 Å². The van der Waals surface area contributed by atoms with Gasteiger partial charge in [-0.2, -0.15) is 28.2 Å². The number of piperidine rings is 1. The van der Waals surface area contributed by atoms with Crippen LogP contribution in [0.15, 0.2) is 48.9 Å². The van der Waals surface area contributed by atoms with Crippen LogP contribution in [0.25, 0.3) is 5.69 Å². The van der Waals surface area contributed by atoms with Crippen molar-refractivity contribution in [3.05, 3.63) is 65.6 Å². The minimum absolute atomic E-state index is 0.0881. The lowest BCUT2D eigenvalue weighted by Crippen LogP contribution is -2.50. The second-order valence-corrected chi connectivity index (χ2v) is 8.17. The lowest BCUT2D eigenvalue weighted by atomic mass is 9.90. The van der Waals surface area contributed by atoms with Crippen LogP contribution in [0.3, 0.4) is 0 Å². The van der Waals surface area contributed by atoms with Gasteiger partial charge in [-0.15, -0.1) is 0 Å². The third kappa shape index (κ3) is 4.84. The fraction of sp³-hybridized carbons (Fsp3) is 0.391. The maximum absolute atomic E-state index is 13.7. The van der Waals surface area contributed by atoms with Gasteiger partial charge in [0, 0.05) is 18.8 Å². The number of hydrogen-bond acceptors (Lipinski definition) is 5. The summed E-state index contributed by atoms with van der Waals surface area (Å²) in [6, 6.07) is 7.35. The number of pyridine rings is 1. The molecule has 1 aliphatic heterocycles. The van der Waals surface area contributed by atoms with Crippen LogP contribution in [0.2, 0.25) is 0 Å². The number of carbonyl (C=O) groups excluding carboxylic acids is 1. The Morgan fingerprint density at radius 1 is 1.18 bits per heavy atom. The van der Waals surface area contributed by atoms with E-state index >= 15 is 0 Å². The number of ether oxygens (including phenoxy) is 1. The van der Waals surface area contributed by atoms with E-state index in [-0.39, 0.29) is 30.4 Å². The average Bonchev–Trinajstić information content (AvgIpc) is 3.31. The molecule has 3 heterocycles. The normalized spacial score (nSPS) is 18.9. The van der Waals surface area contributed by atoms with Crippen molar-refractivity contribution in [3.8, 4) is 11.6 Å². The standard InChI is InChI=1S/C23H24F3N5O2/c1-15-6-4-12-30(19(15)14-33-20-9-8-17(13-27-20)23(24,25)26)22(32)18-7-3-5-16(2)21(18)31-28-10-11-29-31/h3,5,7-11,13,15,19H,4,6,12,14H2,1-2H3. The first-order chi connectivity index (χ1) is 15.8. The molecule has 4 rings (SSSR count). The summed E-state index contributed by atoms with van der Waals surface area (Å²) < 4.78 is 44.1. The summed E-state index contributed by atoms with van der Waals surface area (Å²) in [5.41, 5.74) is 1.13. The maximum atomic E-state index is 13.7. The van der Waals surface area contributed by atoms with E-state index in [0.29, 0.717) is 17.8 Å². The van der Waals surface area contributed by atoms with Gasteiger partial charge in [0.25, 0.3) is 5.91 Å². The van der Waals surface area contributed by atoms with E-state index < -0.39 is 11.7 Å². The number of benzene rings is 1. The van der Waals surface area contributed by atoms with Crippen molar-refractivity contribution in [1.82, 2.24) is 24.9 Å². The summed E-state index contributed by atoms with van der Waals surface area (Å²) in [6.45, 7) is 4.62. The third-order valence-electron chi connectivity index (χ3n) is 5.93. The molecule has 10 heteroatoms. The van der Waals surface area contributed by atoms with Crippen molar-refractivity contribution < 1.29 is 22.7 Å². The number of para-hydroxylation sites is 1. The zero-order valence-electron chi connectivity index (χ0n) is 18.3. The van der Waals surface area contributed by atoms with Crippen LogP contribution in [0.5, 0.6) is 5.88 Å². The number of rotatable bonds is 5. The van der Waals surface area contributed by atoms with Crippen molar-refractivity contribution in [2.75, 3.05) is 13.2 Å². The summed E-state index contributed by atoms with van der Waals surface area (Å²) in [4.78, 5) is 20.6. The molecule has 3 aromatic rings. The summed E-state index contributed by atoms with van der Waals surface area (Å²) in [5.74, 6) is 0.0740. The number of likely N-dealkylation sites (tertiary alicyclic amines) is 1. The molecule has 33 heavy (non-hydrogen) atoms. The van der Waals surface area contributed by atoms with Gasteiger partial charge < -0.3 is 9.64 Å². The second kappa shape index (κ2) is 9.21. The Labute approximate surface area is 189 Å². The van der Waals surface area contributed by atoms with Gasteiger partial charge in [0.1, 0.15) is 12.3 Å². The number of aryl methyl sites for hydroxylation is 1. The highest BCUT2D eigenvalue weighted by Gasteiger charge is 2.35. The SMILES string of the molecule is Cc1cccc(C(=O)N2CCCC(C)C2COc2ccc(C(F)(F)F)cn2)c1-n1nccn1. The first kappa shape index (κ1) is 22.8. The molecule has 2 unspecified atom stereocenters. The smallest absolute Gasteiger partial charge is 0.417 e. The van der Waals surface area contributed by atoms with Crippen molar-refractivity contribution >= 4 is 5.91 Å². The largest absolute Gasteiger partial charge is 0.475 e. The molecule has 0 radical (unpaired) electrons. The number of carbonyl (C=O) groups is 1. The van der Waals surface area contributed by atoms with Gasteiger partial charge in [-0.05, 0) is 43.4 Å². The van der Waals surface area contributed by atoms with Crippen LogP contribution in [0, 0.1) is 12.8 Å². The van der Waals surface area contributed by atoms with Gasteiger partial charge in [0.15, 0.2) is 0 Å². The molecule has 1 aliphatic rings. The lowest BCUT2D eigenvalue weighted by molar-refractivity contribution is -0.137. The molecule has 2 aromatic heterocycles. The number of amides is 1. The van der Waals surface area contributed by atoms with Crippen LogP contribution in [-0.2, 0) is 6.18 Å². The van der Waals surface area contributed by atoms with Gasteiger partial charge in [-0.1, -0.05) is 19.1 Å². The Morgan fingerprint density at radius 3 is 2.61 bits per heavy atom. The summed E-state index contributed by atoms with van der Waals surface area (Å²) in [5, 5.41) is 8.38. The van der Waals surface area contributed by atoms with E-state index in [4.69, 9.17) is 4.74 Å². The van der Waals surface area contributed by atoms with E-state index in [2.05, 4.69) is 15.2 Å². The summed E-state index contributed by atoms with van der Waals surface area (Å²) in [7, 11) is 0. The van der Waals surface area contributed by atoms with E-state index in [9.17, 15) is 18.0 Å². The molecule has 0 N–H and O–H groups in total. The first-order valence-electron chi connectivity index (χ1n) is 10.7. The fourth-order valence-corrected chi connectivity index (χ4v) is 4.14. The van der Waals surface area contributed by atoms with Crippen LogP contribution in [0.1, 0.15) is 41.3 Å². The van der Waals surface area contributed by atoms with Crippen LogP contribution >= 0.6 is 0 Å². The molecule has 1 aromatic carbocycles. The van der Waals surface area contributed by atoms with Crippen molar-refractivity contribution in [2.45, 2.75) is 38.9 Å². The Kier molecular flexibility index (Phi) is 6.35. The summed E-state index contributed by atoms with van der Waals surface area (Å²) >= 11 is 0. The van der Waals surface area contributed by atoms with Crippen molar-refractivity contribution in [2.24, 2.45) is 5.92 Å². The van der Waals surface area contributed by atoms with Gasteiger partial charge in [0.05, 0.1) is 29.6 Å². The lowest BCUT2D eigenvalue weighted by Gasteiger charge is -2.40. The maximum Gasteiger partial charge on any atom is 0.417 e. The molecule has 1 fully saturated rings. The average molecular weight is 459 g/mol. The summed E-state index contributed by atoms with van der Waals surface area (Å²) in [6.07, 6.45) is 1.16. The Hall–Kier alpha value is -3.43.